The molecule has 0 spiro atoms. The molecule has 0 aliphatic carbocycles. The van der Waals surface area contributed by atoms with Crippen LogP contribution in [0.5, 0.6) is 5.75 Å². The van der Waals surface area contributed by atoms with Gasteiger partial charge in [0.1, 0.15) is 11.4 Å². The summed E-state index contributed by atoms with van der Waals surface area (Å²) in [5, 5.41) is 14.0. The third-order valence-corrected chi connectivity index (χ3v) is 5.22. The number of hydrogen-bond acceptors (Lipinski definition) is 5. The molecule has 0 saturated heterocycles. The summed E-state index contributed by atoms with van der Waals surface area (Å²) >= 11 is 1.45. The van der Waals surface area contributed by atoms with Gasteiger partial charge in [0.15, 0.2) is 0 Å². The minimum Gasteiger partial charge on any atom is -0.497 e. The second-order valence-electron chi connectivity index (χ2n) is 4.79. The summed E-state index contributed by atoms with van der Waals surface area (Å²) in [6.07, 6.45) is 0. The Hall–Kier alpha value is -1.41. The number of sulfonamides is 1. The Bertz CT molecular complexity index is 676. The molecule has 114 valence electrons. The van der Waals surface area contributed by atoms with Gasteiger partial charge in [-0.15, -0.1) is 0 Å². The number of aliphatic hydroxyl groups is 1. The highest BCUT2D eigenvalue weighted by atomic mass is 32.2. The molecule has 1 atom stereocenters. The van der Waals surface area contributed by atoms with Crippen molar-refractivity contribution in [3.63, 3.8) is 0 Å². The van der Waals surface area contributed by atoms with Gasteiger partial charge in [-0.25, -0.2) is 13.1 Å². The fourth-order valence-corrected chi connectivity index (χ4v) is 3.66. The zero-order valence-corrected chi connectivity index (χ0v) is 13.4. The number of thiophene rings is 1. The van der Waals surface area contributed by atoms with E-state index in [9.17, 15) is 13.5 Å². The Balaban J connectivity index is 2.10. The van der Waals surface area contributed by atoms with Crippen molar-refractivity contribution in [2.75, 3.05) is 13.7 Å². The quantitative estimate of drug-likeness (QED) is 0.850. The Labute approximate surface area is 128 Å². The summed E-state index contributed by atoms with van der Waals surface area (Å²) in [5.74, 6) is 0.583. The topological polar surface area (TPSA) is 75.6 Å². The van der Waals surface area contributed by atoms with E-state index in [-0.39, 0.29) is 11.4 Å². The first-order chi connectivity index (χ1) is 9.85. The third-order valence-electron chi connectivity index (χ3n) is 3.12. The first kappa shape index (κ1) is 16.0. The van der Waals surface area contributed by atoms with Crippen molar-refractivity contribution in [3.05, 3.63) is 46.7 Å². The van der Waals surface area contributed by atoms with Crippen LogP contribution in [0.1, 0.15) is 12.5 Å². The van der Waals surface area contributed by atoms with Crippen molar-refractivity contribution in [1.29, 1.82) is 0 Å². The zero-order chi connectivity index (χ0) is 15.5. The summed E-state index contributed by atoms with van der Waals surface area (Å²) in [5.41, 5.74) is -0.565. The molecule has 0 fully saturated rings. The predicted molar refractivity (Wildman–Crippen MR) is 82.1 cm³/mol. The number of hydrogen-bond donors (Lipinski definition) is 2. The van der Waals surface area contributed by atoms with Crippen LogP contribution in [-0.4, -0.2) is 27.2 Å². The van der Waals surface area contributed by atoms with Crippen LogP contribution in [0, 0.1) is 0 Å². The summed E-state index contributed by atoms with van der Waals surface area (Å²) in [6.45, 7) is 1.48. The van der Waals surface area contributed by atoms with Crippen molar-refractivity contribution in [3.8, 4) is 5.75 Å². The molecule has 0 aliphatic heterocycles. The number of benzene rings is 1. The molecule has 2 rings (SSSR count). The molecule has 2 aromatic rings. The SMILES string of the molecule is COc1ccc(S(=O)(=O)NC[C@@](C)(O)c2ccsc2)cc1. The first-order valence-electron chi connectivity index (χ1n) is 6.24. The molecule has 2 N–H and O–H groups in total. The molecule has 1 heterocycles. The van der Waals surface area contributed by atoms with Crippen LogP contribution < -0.4 is 9.46 Å². The highest BCUT2D eigenvalue weighted by Crippen LogP contribution is 2.23. The number of nitrogens with one attached hydrogen (secondary N) is 1. The molecule has 0 aliphatic rings. The van der Waals surface area contributed by atoms with Crippen LogP contribution in [0.15, 0.2) is 46.0 Å². The van der Waals surface area contributed by atoms with E-state index in [0.29, 0.717) is 11.3 Å². The van der Waals surface area contributed by atoms with Crippen LogP contribution in [0.3, 0.4) is 0 Å². The maximum Gasteiger partial charge on any atom is 0.240 e. The van der Waals surface area contributed by atoms with E-state index in [0.717, 1.165) is 0 Å². The molecule has 5 nitrogen and oxygen atoms in total. The lowest BCUT2D eigenvalue weighted by Gasteiger charge is -2.22. The lowest BCUT2D eigenvalue weighted by Crippen LogP contribution is -2.38. The maximum atomic E-state index is 12.2. The number of rotatable bonds is 6. The summed E-state index contributed by atoms with van der Waals surface area (Å²) in [7, 11) is -2.16. The van der Waals surface area contributed by atoms with Crippen molar-refractivity contribution in [2.45, 2.75) is 17.4 Å². The normalized spacial score (nSPS) is 14.6. The smallest absolute Gasteiger partial charge is 0.240 e. The summed E-state index contributed by atoms with van der Waals surface area (Å²) < 4.78 is 31.8. The van der Waals surface area contributed by atoms with E-state index in [1.165, 1.54) is 30.6 Å². The van der Waals surface area contributed by atoms with Gasteiger partial charge in [0.25, 0.3) is 0 Å². The van der Waals surface area contributed by atoms with E-state index < -0.39 is 15.6 Å². The molecule has 1 aromatic heterocycles. The molecule has 0 bridgehead atoms. The monoisotopic (exact) mass is 327 g/mol. The Morgan fingerprint density at radius 3 is 2.48 bits per heavy atom. The van der Waals surface area contributed by atoms with Crippen molar-refractivity contribution < 1.29 is 18.3 Å². The predicted octanol–water partition coefficient (Wildman–Crippen LogP) is 1.94. The second kappa shape index (κ2) is 6.15. The molecule has 21 heavy (non-hydrogen) atoms. The number of ether oxygens (including phenoxy) is 1. The first-order valence-corrected chi connectivity index (χ1v) is 8.66. The Morgan fingerprint density at radius 2 is 1.95 bits per heavy atom. The van der Waals surface area contributed by atoms with Gasteiger partial charge in [0.05, 0.1) is 12.0 Å². The fourth-order valence-electron chi connectivity index (χ4n) is 1.75. The minimum absolute atomic E-state index is 0.0991. The van der Waals surface area contributed by atoms with Crippen LogP contribution in [-0.2, 0) is 15.6 Å². The van der Waals surface area contributed by atoms with E-state index in [1.54, 1.807) is 30.5 Å². The third kappa shape index (κ3) is 3.82. The van der Waals surface area contributed by atoms with Crippen LogP contribution in [0.4, 0.5) is 0 Å². The van der Waals surface area contributed by atoms with Crippen molar-refractivity contribution >= 4 is 21.4 Å². The van der Waals surface area contributed by atoms with Gasteiger partial charge in [-0.3, -0.25) is 0 Å². The summed E-state index contributed by atoms with van der Waals surface area (Å²) in [6, 6.07) is 7.84. The second-order valence-corrected chi connectivity index (χ2v) is 7.33. The Morgan fingerprint density at radius 1 is 1.29 bits per heavy atom. The van der Waals surface area contributed by atoms with Crippen LogP contribution >= 0.6 is 11.3 Å². The lowest BCUT2D eigenvalue weighted by molar-refractivity contribution is 0.0632. The van der Waals surface area contributed by atoms with Crippen molar-refractivity contribution in [1.82, 2.24) is 4.72 Å². The van der Waals surface area contributed by atoms with E-state index in [2.05, 4.69) is 4.72 Å². The van der Waals surface area contributed by atoms with Gasteiger partial charge in [-0.2, -0.15) is 11.3 Å². The van der Waals surface area contributed by atoms with Gasteiger partial charge < -0.3 is 9.84 Å². The largest absolute Gasteiger partial charge is 0.497 e. The molecular weight excluding hydrogens is 310 g/mol. The number of methoxy groups -OCH3 is 1. The average Bonchev–Trinajstić information content (AvgIpc) is 3.01. The maximum absolute atomic E-state index is 12.2. The average molecular weight is 327 g/mol. The van der Waals surface area contributed by atoms with Gasteiger partial charge in [-0.1, -0.05) is 0 Å². The molecule has 7 heteroatoms. The molecule has 0 amide bonds. The van der Waals surface area contributed by atoms with Crippen LogP contribution in [0.2, 0.25) is 0 Å². The van der Waals surface area contributed by atoms with E-state index >= 15 is 0 Å². The molecule has 1 aromatic carbocycles. The highest BCUT2D eigenvalue weighted by Gasteiger charge is 2.26. The molecule has 0 unspecified atom stereocenters. The highest BCUT2D eigenvalue weighted by molar-refractivity contribution is 7.89. The van der Waals surface area contributed by atoms with E-state index in [1.807, 2.05) is 5.38 Å². The fraction of sp³-hybridized carbons (Fsp3) is 0.286. The molecule has 0 saturated carbocycles. The standard InChI is InChI=1S/C14H17NO4S2/c1-14(16,11-7-8-20-9-11)10-15-21(17,18)13-5-3-12(19-2)4-6-13/h3-9,15-16H,10H2,1-2H3/t14-/m1/s1. The van der Waals surface area contributed by atoms with E-state index in [4.69, 9.17) is 4.74 Å². The summed E-state index contributed by atoms with van der Waals surface area (Å²) in [4.78, 5) is 0.129. The van der Waals surface area contributed by atoms with Gasteiger partial charge >= 0.3 is 0 Å². The Kier molecular flexibility index (Phi) is 4.67. The molecule has 0 radical (unpaired) electrons. The molecular formula is C14H17NO4S2. The van der Waals surface area contributed by atoms with Gasteiger partial charge in [0.2, 0.25) is 10.0 Å². The van der Waals surface area contributed by atoms with Gasteiger partial charge in [0, 0.05) is 6.54 Å². The van der Waals surface area contributed by atoms with Gasteiger partial charge in [-0.05, 0) is 53.6 Å². The zero-order valence-electron chi connectivity index (χ0n) is 11.7. The minimum atomic E-state index is -3.67. The lowest BCUT2D eigenvalue weighted by atomic mass is 10.0. The van der Waals surface area contributed by atoms with Crippen LogP contribution in [0.25, 0.3) is 0 Å². The van der Waals surface area contributed by atoms with Crippen molar-refractivity contribution in [2.24, 2.45) is 0 Å².